The number of hydrogen-bond donors (Lipinski definition) is 0. The highest BCUT2D eigenvalue weighted by Gasteiger charge is 2.12. The summed E-state index contributed by atoms with van der Waals surface area (Å²) in [5.74, 6) is -1.42. The highest BCUT2D eigenvalue weighted by molar-refractivity contribution is 5.99. The molecule has 0 fully saturated rings. The minimum absolute atomic E-state index is 0.115. The zero-order valence-electron chi connectivity index (χ0n) is 13.8. The molecule has 122 valence electrons. The van der Waals surface area contributed by atoms with Gasteiger partial charge in [0.1, 0.15) is 23.3 Å². The second kappa shape index (κ2) is 8.30. The summed E-state index contributed by atoms with van der Waals surface area (Å²) in [6.45, 7) is 3.58. The molecule has 0 radical (unpaired) electrons. The van der Waals surface area contributed by atoms with Gasteiger partial charge in [0, 0.05) is 0 Å². The number of esters is 2. The molecule has 0 aromatic heterocycles. The van der Waals surface area contributed by atoms with Gasteiger partial charge >= 0.3 is 11.9 Å². The van der Waals surface area contributed by atoms with Crippen LogP contribution < -0.4 is 0 Å². The van der Waals surface area contributed by atoms with Crippen molar-refractivity contribution in [3.63, 3.8) is 0 Å². The smallest absolute Gasteiger partial charge is 0.348 e. The molecule has 6 heteroatoms. The van der Waals surface area contributed by atoms with E-state index in [-0.39, 0.29) is 11.1 Å². The van der Waals surface area contributed by atoms with E-state index in [2.05, 4.69) is 9.47 Å². The molecule has 1 aromatic carbocycles. The lowest BCUT2D eigenvalue weighted by molar-refractivity contribution is -0.136. The molecule has 0 aliphatic rings. The van der Waals surface area contributed by atoms with E-state index < -0.39 is 11.9 Å². The van der Waals surface area contributed by atoms with Crippen LogP contribution in [0.15, 0.2) is 23.3 Å². The molecular formula is C18H16N2O4. The Morgan fingerprint density at radius 2 is 1.21 bits per heavy atom. The van der Waals surface area contributed by atoms with E-state index in [1.54, 1.807) is 38.1 Å². The van der Waals surface area contributed by atoms with Gasteiger partial charge in [0.05, 0.1) is 14.2 Å². The molecule has 0 saturated carbocycles. The van der Waals surface area contributed by atoms with Gasteiger partial charge in [-0.1, -0.05) is 12.1 Å². The average molecular weight is 324 g/mol. The van der Waals surface area contributed by atoms with Crippen LogP contribution >= 0.6 is 0 Å². The molecule has 0 bridgehead atoms. The molecular weight excluding hydrogens is 308 g/mol. The quantitative estimate of drug-likeness (QED) is 0.479. The Bertz CT molecular complexity index is 751. The summed E-state index contributed by atoms with van der Waals surface area (Å²) >= 11 is 0. The summed E-state index contributed by atoms with van der Waals surface area (Å²) in [4.78, 5) is 23.0. The number of hydrogen-bond acceptors (Lipinski definition) is 6. The van der Waals surface area contributed by atoms with Crippen molar-refractivity contribution in [2.24, 2.45) is 0 Å². The zero-order valence-corrected chi connectivity index (χ0v) is 13.8. The van der Waals surface area contributed by atoms with Gasteiger partial charge in [-0.2, -0.15) is 10.5 Å². The van der Waals surface area contributed by atoms with Gasteiger partial charge < -0.3 is 9.47 Å². The van der Waals surface area contributed by atoms with E-state index in [4.69, 9.17) is 10.5 Å². The number of methoxy groups -OCH3 is 2. The maximum atomic E-state index is 11.5. The van der Waals surface area contributed by atoms with Gasteiger partial charge in [-0.25, -0.2) is 9.59 Å². The molecule has 0 aliphatic carbocycles. The number of ether oxygens (including phenoxy) is 2. The topological polar surface area (TPSA) is 100 Å². The number of carbonyl (C=O) groups is 2. The first-order chi connectivity index (χ1) is 11.4. The molecule has 1 aromatic rings. The molecule has 0 N–H and O–H groups in total. The Kier molecular flexibility index (Phi) is 6.46. The van der Waals surface area contributed by atoms with Gasteiger partial charge in [0.15, 0.2) is 0 Å². The molecule has 0 unspecified atom stereocenters. The summed E-state index contributed by atoms with van der Waals surface area (Å²) < 4.78 is 9.10. The lowest BCUT2D eigenvalue weighted by atomic mass is 9.97. The van der Waals surface area contributed by atoms with Gasteiger partial charge in [-0.05, 0) is 48.3 Å². The molecule has 0 atom stereocenters. The van der Waals surface area contributed by atoms with Crippen molar-refractivity contribution >= 4 is 24.1 Å². The van der Waals surface area contributed by atoms with Gasteiger partial charge in [-0.15, -0.1) is 0 Å². The van der Waals surface area contributed by atoms with Crippen LogP contribution in [0.25, 0.3) is 12.2 Å². The van der Waals surface area contributed by atoms with E-state index >= 15 is 0 Å². The molecule has 0 heterocycles. The first-order valence-corrected chi connectivity index (χ1v) is 6.89. The highest BCUT2D eigenvalue weighted by atomic mass is 16.5. The summed E-state index contributed by atoms with van der Waals surface area (Å²) in [7, 11) is 2.41. The Morgan fingerprint density at radius 1 is 0.875 bits per heavy atom. The SMILES string of the molecule is COC(=O)/C(C#N)=C/c1cc(C)c(/C=C(\C#N)C(=O)OC)cc1C. The second-order valence-electron chi connectivity index (χ2n) is 4.89. The first-order valence-electron chi connectivity index (χ1n) is 6.89. The monoisotopic (exact) mass is 324 g/mol. The molecule has 0 amide bonds. The molecule has 1 rings (SSSR count). The summed E-state index contributed by atoms with van der Waals surface area (Å²) in [5, 5.41) is 18.1. The number of aryl methyl sites for hydroxylation is 2. The van der Waals surface area contributed by atoms with Crippen LogP contribution in [-0.2, 0) is 19.1 Å². The third kappa shape index (κ3) is 4.31. The fraction of sp³-hybridized carbons (Fsp3) is 0.222. The van der Waals surface area contributed by atoms with Gasteiger partial charge in [0.25, 0.3) is 0 Å². The summed E-state index contributed by atoms with van der Waals surface area (Å²) in [5.41, 5.74) is 2.65. The highest BCUT2D eigenvalue weighted by Crippen LogP contribution is 2.21. The third-order valence-electron chi connectivity index (χ3n) is 3.31. The van der Waals surface area contributed by atoms with Crippen LogP contribution in [0.5, 0.6) is 0 Å². The van der Waals surface area contributed by atoms with E-state index in [1.165, 1.54) is 26.4 Å². The third-order valence-corrected chi connectivity index (χ3v) is 3.31. The Hall–Kier alpha value is -3.38. The molecule has 24 heavy (non-hydrogen) atoms. The van der Waals surface area contributed by atoms with Gasteiger partial charge in [-0.3, -0.25) is 0 Å². The van der Waals surface area contributed by atoms with Crippen molar-refractivity contribution in [3.05, 3.63) is 45.5 Å². The minimum Gasteiger partial charge on any atom is -0.465 e. The largest absolute Gasteiger partial charge is 0.465 e. The number of nitriles is 2. The van der Waals surface area contributed by atoms with Crippen LogP contribution in [0.2, 0.25) is 0 Å². The van der Waals surface area contributed by atoms with Crippen LogP contribution in [0, 0.1) is 36.5 Å². The molecule has 6 nitrogen and oxygen atoms in total. The van der Waals surface area contributed by atoms with Crippen LogP contribution in [0.4, 0.5) is 0 Å². The Morgan fingerprint density at radius 3 is 1.46 bits per heavy atom. The van der Waals surface area contributed by atoms with Crippen LogP contribution in [0.3, 0.4) is 0 Å². The number of rotatable bonds is 4. The van der Waals surface area contributed by atoms with Crippen molar-refractivity contribution in [2.45, 2.75) is 13.8 Å². The summed E-state index contributed by atoms with van der Waals surface area (Å²) in [6, 6.07) is 7.11. The Labute approximate surface area is 140 Å². The lowest BCUT2D eigenvalue weighted by Crippen LogP contribution is -2.04. The zero-order chi connectivity index (χ0) is 18.3. The number of nitrogens with zero attached hydrogens (tertiary/aromatic N) is 2. The van der Waals surface area contributed by atoms with Crippen LogP contribution in [-0.4, -0.2) is 26.2 Å². The minimum atomic E-state index is -0.712. The average Bonchev–Trinajstić information content (AvgIpc) is 2.59. The maximum Gasteiger partial charge on any atom is 0.348 e. The molecule has 0 spiro atoms. The lowest BCUT2D eigenvalue weighted by Gasteiger charge is -2.08. The predicted octanol–water partition coefficient (Wildman–Crippen LogP) is 2.46. The number of carbonyl (C=O) groups excluding carboxylic acids is 2. The number of benzene rings is 1. The van der Waals surface area contributed by atoms with Crippen LogP contribution in [0.1, 0.15) is 22.3 Å². The first kappa shape index (κ1) is 18.7. The van der Waals surface area contributed by atoms with E-state index in [1.807, 2.05) is 0 Å². The van der Waals surface area contributed by atoms with Crippen molar-refractivity contribution in [2.75, 3.05) is 14.2 Å². The van der Waals surface area contributed by atoms with Crippen molar-refractivity contribution in [1.82, 2.24) is 0 Å². The van der Waals surface area contributed by atoms with Gasteiger partial charge in [0.2, 0.25) is 0 Å². The van der Waals surface area contributed by atoms with Crippen molar-refractivity contribution in [1.29, 1.82) is 10.5 Å². The standard InChI is InChI=1S/C18H16N2O4/c1-11-5-14(8-16(10-20)18(22)24-4)12(2)6-13(11)7-15(9-19)17(21)23-3/h5-8H,1-4H3/b15-7+,16-8+. The van der Waals surface area contributed by atoms with E-state index in [0.717, 1.165) is 11.1 Å². The normalized spacial score (nSPS) is 11.2. The Balaban J connectivity index is 3.39. The van der Waals surface area contributed by atoms with Crippen molar-refractivity contribution < 1.29 is 19.1 Å². The molecule has 0 saturated heterocycles. The second-order valence-corrected chi connectivity index (χ2v) is 4.89. The summed E-state index contributed by atoms with van der Waals surface area (Å²) in [6.07, 6.45) is 2.88. The van der Waals surface area contributed by atoms with E-state index in [0.29, 0.717) is 11.1 Å². The van der Waals surface area contributed by atoms with Crippen molar-refractivity contribution in [3.8, 4) is 12.1 Å². The maximum absolute atomic E-state index is 11.5. The molecule has 0 aliphatic heterocycles. The fourth-order valence-corrected chi connectivity index (χ4v) is 1.98. The van der Waals surface area contributed by atoms with E-state index in [9.17, 15) is 9.59 Å². The predicted molar refractivity (Wildman–Crippen MR) is 87.1 cm³/mol. The fourth-order valence-electron chi connectivity index (χ4n) is 1.98.